The highest BCUT2D eigenvalue weighted by atomic mass is 16.5. The molecule has 2 aliphatic rings. The SMILES string of the molecule is CCCOCC(=O)N1C[C@H]2CCC[C@@]2(c2nc(C(C)C)no2)C1. The fraction of sp³-hybridized carbons (Fsp3) is 0.824. The standard InChI is InChI=1S/C17H27N3O3/c1-4-8-22-10-14(21)20-9-13-6-5-7-17(13,11-20)16-18-15(12(2)3)19-23-16/h12-13H,4-11H2,1-3H3/t13-,17-/m1/s1. The van der Waals surface area contributed by atoms with Crippen LogP contribution in [0, 0.1) is 5.92 Å². The maximum atomic E-state index is 12.4. The van der Waals surface area contributed by atoms with Gasteiger partial charge in [0.15, 0.2) is 5.82 Å². The maximum Gasteiger partial charge on any atom is 0.248 e. The molecule has 6 nitrogen and oxygen atoms in total. The van der Waals surface area contributed by atoms with Gasteiger partial charge in [-0.25, -0.2) is 0 Å². The van der Waals surface area contributed by atoms with Crippen LogP contribution in [0.25, 0.3) is 0 Å². The predicted octanol–water partition coefficient (Wildman–Crippen LogP) is 2.50. The van der Waals surface area contributed by atoms with Crippen LogP contribution in [0.4, 0.5) is 0 Å². The van der Waals surface area contributed by atoms with E-state index in [1.807, 2.05) is 11.8 Å². The normalized spacial score (nSPS) is 27.0. The highest BCUT2D eigenvalue weighted by Gasteiger charge is 2.55. The molecule has 1 saturated carbocycles. The zero-order valence-electron chi connectivity index (χ0n) is 14.4. The molecular weight excluding hydrogens is 294 g/mol. The molecule has 1 aromatic rings. The zero-order valence-corrected chi connectivity index (χ0v) is 14.4. The molecule has 3 rings (SSSR count). The molecule has 2 fully saturated rings. The number of aromatic nitrogens is 2. The van der Waals surface area contributed by atoms with Crippen LogP contribution in [0.15, 0.2) is 4.52 Å². The van der Waals surface area contributed by atoms with E-state index in [0.29, 0.717) is 19.1 Å². The Labute approximate surface area is 137 Å². The second kappa shape index (κ2) is 6.59. The van der Waals surface area contributed by atoms with Crippen LogP contribution < -0.4 is 0 Å². The number of rotatable bonds is 6. The minimum absolute atomic E-state index is 0.0795. The Morgan fingerprint density at radius 1 is 1.52 bits per heavy atom. The molecular formula is C17H27N3O3. The Bertz CT molecular complexity index is 557. The quantitative estimate of drug-likeness (QED) is 0.753. The van der Waals surface area contributed by atoms with E-state index in [-0.39, 0.29) is 23.8 Å². The molecule has 2 atom stereocenters. The summed E-state index contributed by atoms with van der Waals surface area (Å²) >= 11 is 0. The number of carbonyl (C=O) groups excluding carboxylic acids is 1. The van der Waals surface area contributed by atoms with Crippen molar-refractivity contribution in [2.24, 2.45) is 5.92 Å². The van der Waals surface area contributed by atoms with E-state index in [1.54, 1.807) is 0 Å². The van der Waals surface area contributed by atoms with Gasteiger partial charge in [-0.1, -0.05) is 32.3 Å². The molecule has 2 heterocycles. The third kappa shape index (κ3) is 3.01. The van der Waals surface area contributed by atoms with Crippen LogP contribution >= 0.6 is 0 Å². The average molecular weight is 321 g/mol. The van der Waals surface area contributed by atoms with Gasteiger partial charge in [-0.3, -0.25) is 4.79 Å². The second-order valence-corrected chi connectivity index (χ2v) is 7.18. The molecule has 128 valence electrons. The number of hydrogen-bond acceptors (Lipinski definition) is 5. The first kappa shape index (κ1) is 16.4. The summed E-state index contributed by atoms with van der Waals surface area (Å²) in [4.78, 5) is 18.9. The van der Waals surface area contributed by atoms with Gasteiger partial charge in [0.2, 0.25) is 11.8 Å². The number of hydrogen-bond donors (Lipinski definition) is 0. The van der Waals surface area contributed by atoms with Crippen LogP contribution in [0.5, 0.6) is 0 Å². The van der Waals surface area contributed by atoms with Gasteiger partial charge >= 0.3 is 0 Å². The summed E-state index contributed by atoms with van der Waals surface area (Å²) in [6.45, 7) is 8.45. The molecule has 1 aromatic heterocycles. The summed E-state index contributed by atoms with van der Waals surface area (Å²) in [6, 6.07) is 0. The highest BCUT2D eigenvalue weighted by molar-refractivity contribution is 5.78. The monoisotopic (exact) mass is 321 g/mol. The molecule has 0 aromatic carbocycles. The van der Waals surface area contributed by atoms with Crippen molar-refractivity contribution in [1.29, 1.82) is 0 Å². The highest BCUT2D eigenvalue weighted by Crippen LogP contribution is 2.50. The van der Waals surface area contributed by atoms with Crippen molar-refractivity contribution in [1.82, 2.24) is 15.0 Å². The lowest BCUT2D eigenvalue weighted by Gasteiger charge is -2.24. The summed E-state index contributed by atoms with van der Waals surface area (Å²) in [5.74, 6) is 2.25. The van der Waals surface area contributed by atoms with Crippen molar-refractivity contribution >= 4 is 5.91 Å². The summed E-state index contributed by atoms with van der Waals surface area (Å²) < 4.78 is 11.0. The summed E-state index contributed by atoms with van der Waals surface area (Å²) in [7, 11) is 0. The van der Waals surface area contributed by atoms with Gasteiger partial charge < -0.3 is 14.2 Å². The van der Waals surface area contributed by atoms with Crippen molar-refractivity contribution in [2.45, 2.75) is 57.8 Å². The third-order valence-corrected chi connectivity index (χ3v) is 5.18. The van der Waals surface area contributed by atoms with E-state index in [2.05, 4.69) is 24.0 Å². The lowest BCUT2D eigenvalue weighted by Crippen LogP contribution is -2.36. The van der Waals surface area contributed by atoms with Gasteiger partial charge in [0.05, 0.1) is 5.41 Å². The first-order valence-corrected chi connectivity index (χ1v) is 8.76. The van der Waals surface area contributed by atoms with Crippen molar-refractivity contribution < 1.29 is 14.1 Å². The molecule has 1 aliphatic carbocycles. The molecule has 1 saturated heterocycles. The maximum absolute atomic E-state index is 12.4. The molecule has 6 heteroatoms. The summed E-state index contributed by atoms with van der Waals surface area (Å²) in [5, 5.41) is 4.13. The molecule has 23 heavy (non-hydrogen) atoms. The zero-order chi connectivity index (χ0) is 16.4. The number of carbonyl (C=O) groups is 1. The fourth-order valence-electron chi connectivity index (χ4n) is 3.90. The van der Waals surface area contributed by atoms with Gasteiger partial charge in [0, 0.05) is 25.6 Å². The van der Waals surface area contributed by atoms with Crippen molar-refractivity contribution in [2.75, 3.05) is 26.3 Å². The number of ether oxygens (including phenoxy) is 1. The number of likely N-dealkylation sites (tertiary alicyclic amines) is 1. The molecule has 0 N–H and O–H groups in total. The van der Waals surface area contributed by atoms with Crippen molar-refractivity contribution in [3.8, 4) is 0 Å². The Kier molecular flexibility index (Phi) is 4.71. The number of amides is 1. The van der Waals surface area contributed by atoms with Crippen LogP contribution in [0.3, 0.4) is 0 Å². The van der Waals surface area contributed by atoms with Crippen molar-refractivity contribution in [3.63, 3.8) is 0 Å². The average Bonchev–Trinajstić information content (AvgIpc) is 3.20. The fourth-order valence-corrected chi connectivity index (χ4v) is 3.90. The number of nitrogens with zero attached hydrogens (tertiary/aromatic N) is 3. The topological polar surface area (TPSA) is 68.5 Å². The molecule has 0 radical (unpaired) electrons. The smallest absolute Gasteiger partial charge is 0.248 e. The predicted molar refractivity (Wildman–Crippen MR) is 85.1 cm³/mol. The van der Waals surface area contributed by atoms with E-state index in [0.717, 1.165) is 37.5 Å². The van der Waals surface area contributed by atoms with Gasteiger partial charge in [0.1, 0.15) is 6.61 Å². The molecule has 0 unspecified atom stereocenters. The first-order chi connectivity index (χ1) is 11.1. The van der Waals surface area contributed by atoms with E-state index >= 15 is 0 Å². The van der Waals surface area contributed by atoms with Gasteiger partial charge in [-0.05, 0) is 25.2 Å². The Hall–Kier alpha value is -1.43. The lowest BCUT2D eigenvalue weighted by molar-refractivity contribution is -0.135. The van der Waals surface area contributed by atoms with Gasteiger partial charge in [-0.2, -0.15) is 4.98 Å². The minimum atomic E-state index is -0.138. The molecule has 1 aliphatic heterocycles. The molecule has 0 spiro atoms. The second-order valence-electron chi connectivity index (χ2n) is 7.18. The molecule has 0 bridgehead atoms. The minimum Gasteiger partial charge on any atom is -0.372 e. The Balaban J connectivity index is 1.74. The molecule has 1 amide bonds. The van der Waals surface area contributed by atoms with Crippen LogP contribution in [-0.2, 0) is 14.9 Å². The Morgan fingerprint density at radius 2 is 2.35 bits per heavy atom. The van der Waals surface area contributed by atoms with Crippen LogP contribution in [0.1, 0.15) is 64.1 Å². The Morgan fingerprint density at radius 3 is 3.04 bits per heavy atom. The van der Waals surface area contributed by atoms with Crippen LogP contribution in [-0.4, -0.2) is 47.3 Å². The van der Waals surface area contributed by atoms with Gasteiger partial charge in [0.25, 0.3) is 0 Å². The summed E-state index contributed by atoms with van der Waals surface area (Å²) in [6.07, 6.45) is 4.24. The largest absolute Gasteiger partial charge is 0.372 e. The van der Waals surface area contributed by atoms with E-state index in [1.165, 1.54) is 6.42 Å². The lowest BCUT2D eigenvalue weighted by atomic mass is 9.80. The number of fused-ring (bicyclic) bond motifs is 1. The van der Waals surface area contributed by atoms with E-state index in [9.17, 15) is 4.79 Å². The van der Waals surface area contributed by atoms with Crippen molar-refractivity contribution in [3.05, 3.63) is 11.7 Å². The van der Waals surface area contributed by atoms with Crippen LogP contribution in [0.2, 0.25) is 0 Å². The third-order valence-electron chi connectivity index (χ3n) is 5.18. The first-order valence-electron chi connectivity index (χ1n) is 8.76. The van der Waals surface area contributed by atoms with E-state index < -0.39 is 0 Å². The summed E-state index contributed by atoms with van der Waals surface area (Å²) in [5.41, 5.74) is -0.138. The van der Waals surface area contributed by atoms with Gasteiger partial charge in [-0.15, -0.1) is 0 Å². The van der Waals surface area contributed by atoms with E-state index in [4.69, 9.17) is 9.26 Å².